The Hall–Kier alpha value is -2.42. The van der Waals surface area contributed by atoms with Gasteiger partial charge in [0.25, 0.3) is 0 Å². The normalized spacial score (nSPS) is 22.5. The molecule has 2 aromatic carbocycles. The van der Waals surface area contributed by atoms with Gasteiger partial charge in [0.1, 0.15) is 0 Å². The average Bonchev–Trinajstić information content (AvgIpc) is 2.90. The summed E-state index contributed by atoms with van der Waals surface area (Å²) in [4.78, 5) is 4.63. The Morgan fingerprint density at radius 1 is 1.00 bits per heavy atom. The highest BCUT2D eigenvalue weighted by Crippen LogP contribution is 2.69. The van der Waals surface area contributed by atoms with E-state index in [-0.39, 0.29) is 11.3 Å². The zero-order valence-corrected chi connectivity index (χ0v) is 12.7. The first-order chi connectivity index (χ1) is 10.7. The molecule has 0 N–H and O–H groups in total. The van der Waals surface area contributed by atoms with Crippen molar-refractivity contribution < 1.29 is 4.52 Å². The fourth-order valence-electron chi connectivity index (χ4n) is 3.39. The molecule has 1 aromatic heterocycles. The molecule has 0 amide bonds. The van der Waals surface area contributed by atoms with E-state index in [0.29, 0.717) is 11.7 Å². The zero-order valence-electron chi connectivity index (χ0n) is 12.7. The van der Waals surface area contributed by atoms with Gasteiger partial charge in [-0.25, -0.2) is 0 Å². The predicted molar refractivity (Wildman–Crippen MR) is 84.3 cm³/mol. The van der Waals surface area contributed by atoms with Gasteiger partial charge < -0.3 is 4.52 Å². The van der Waals surface area contributed by atoms with E-state index < -0.39 is 0 Å². The molecule has 0 spiro atoms. The van der Waals surface area contributed by atoms with Crippen LogP contribution in [0.3, 0.4) is 0 Å². The van der Waals surface area contributed by atoms with Crippen LogP contribution in [0.25, 0.3) is 11.4 Å². The molecule has 2 atom stereocenters. The van der Waals surface area contributed by atoms with Crippen LogP contribution in [0, 0.1) is 11.5 Å². The first kappa shape index (κ1) is 13.3. The molecule has 109 valence electrons. The van der Waals surface area contributed by atoms with Crippen LogP contribution in [0.4, 0.5) is 0 Å². The standard InChI is InChI=1S/C19H17N2O/c1-19(2)15(13-9-5-3-6-10-13)16(19)18-20-17(21-22-18)14-11-7-4-8-12-14/h4-12,15-16H,1-2H3. The van der Waals surface area contributed by atoms with Crippen molar-refractivity contribution in [2.24, 2.45) is 5.41 Å². The highest BCUT2D eigenvalue weighted by Gasteiger charge is 2.61. The van der Waals surface area contributed by atoms with E-state index >= 15 is 0 Å². The molecular weight excluding hydrogens is 272 g/mol. The summed E-state index contributed by atoms with van der Waals surface area (Å²) < 4.78 is 5.56. The molecule has 3 aromatic rings. The van der Waals surface area contributed by atoms with Crippen molar-refractivity contribution in [3.8, 4) is 11.4 Å². The molecule has 1 radical (unpaired) electrons. The van der Waals surface area contributed by atoms with Crippen LogP contribution >= 0.6 is 0 Å². The number of hydrogen-bond acceptors (Lipinski definition) is 3. The Labute approximate surface area is 130 Å². The number of hydrogen-bond donors (Lipinski definition) is 0. The van der Waals surface area contributed by atoms with E-state index in [1.54, 1.807) is 0 Å². The van der Waals surface area contributed by atoms with Gasteiger partial charge in [-0.3, -0.25) is 0 Å². The Balaban J connectivity index is 1.65. The van der Waals surface area contributed by atoms with E-state index in [9.17, 15) is 0 Å². The maximum absolute atomic E-state index is 5.56. The van der Waals surface area contributed by atoms with Crippen molar-refractivity contribution in [2.75, 3.05) is 0 Å². The number of nitrogens with zero attached hydrogens (tertiary/aromatic N) is 2. The molecule has 0 aliphatic heterocycles. The Kier molecular flexibility index (Phi) is 2.89. The van der Waals surface area contributed by atoms with E-state index in [4.69, 9.17) is 4.52 Å². The summed E-state index contributed by atoms with van der Waals surface area (Å²) in [6.07, 6.45) is 0. The molecule has 3 nitrogen and oxygen atoms in total. The lowest BCUT2D eigenvalue weighted by atomic mass is 10.0. The SMILES string of the molecule is CC1(C)C(c2cc[c]cc2)C1c1nc(-c2ccccc2)no1. The molecule has 1 aliphatic carbocycles. The van der Waals surface area contributed by atoms with Gasteiger partial charge in [0.05, 0.1) is 5.92 Å². The van der Waals surface area contributed by atoms with Crippen LogP contribution < -0.4 is 0 Å². The van der Waals surface area contributed by atoms with Crippen LogP contribution in [0.5, 0.6) is 0 Å². The summed E-state index contributed by atoms with van der Waals surface area (Å²) in [5.41, 5.74) is 2.44. The Bertz CT molecular complexity index is 777. The van der Waals surface area contributed by atoms with Gasteiger partial charge in [-0.05, 0) is 17.0 Å². The van der Waals surface area contributed by atoms with Gasteiger partial charge >= 0.3 is 0 Å². The maximum Gasteiger partial charge on any atom is 0.231 e. The van der Waals surface area contributed by atoms with Gasteiger partial charge in [-0.1, -0.05) is 73.6 Å². The quantitative estimate of drug-likeness (QED) is 0.715. The molecule has 1 saturated carbocycles. The van der Waals surface area contributed by atoms with Crippen molar-refractivity contribution in [1.29, 1.82) is 0 Å². The Morgan fingerprint density at radius 2 is 1.73 bits per heavy atom. The third kappa shape index (κ3) is 2.05. The summed E-state index contributed by atoms with van der Waals surface area (Å²) in [5, 5.41) is 4.15. The minimum atomic E-state index is 0.141. The molecule has 2 unspecified atom stereocenters. The van der Waals surface area contributed by atoms with Gasteiger partial charge in [0.15, 0.2) is 0 Å². The summed E-state index contributed by atoms with van der Waals surface area (Å²) in [6, 6.07) is 21.2. The second-order valence-corrected chi connectivity index (χ2v) is 6.43. The molecule has 22 heavy (non-hydrogen) atoms. The first-order valence-electron chi connectivity index (χ1n) is 7.53. The highest BCUT2D eigenvalue weighted by atomic mass is 16.5. The van der Waals surface area contributed by atoms with Crippen molar-refractivity contribution in [3.63, 3.8) is 0 Å². The molecule has 3 heteroatoms. The summed E-state index contributed by atoms with van der Waals surface area (Å²) in [6.45, 7) is 4.51. The molecule has 1 fully saturated rings. The van der Waals surface area contributed by atoms with Gasteiger partial charge in [-0.15, -0.1) is 0 Å². The van der Waals surface area contributed by atoms with Gasteiger partial charge in [-0.2, -0.15) is 4.98 Å². The van der Waals surface area contributed by atoms with Crippen LogP contribution in [-0.4, -0.2) is 10.1 Å². The maximum atomic E-state index is 5.56. The Morgan fingerprint density at radius 3 is 2.45 bits per heavy atom. The van der Waals surface area contributed by atoms with Crippen LogP contribution in [0.1, 0.15) is 37.1 Å². The molecule has 4 rings (SSSR count). The van der Waals surface area contributed by atoms with Crippen molar-refractivity contribution >= 4 is 0 Å². The monoisotopic (exact) mass is 289 g/mol. The van der Waals surface area contributed by atoms with Crippen molar-refractivity contribution in [3.05, 3.63) is 72.1 Å². The predicted octanol–water partition coefficient (Wildman–Crippen LogP) is 4.44. The van der Waals surface area contributed by atoms with Gasteiger partial charge in [0.2, 0.25) is 11.7 Å². The minimum Gasteiger partial charge on any atom is -0.339 e. The topological polar surface area (TPSA) is 38.9 Å². The van der Waals surface area contributed by atoms with Crippen LogP contribution in [-0.2, 0) is 0 Å². The number of aromatic nitrogens is 2. The first-order valence-corrected chi connectivity index (χ1v) is 7.53. The number of benzene rings is 2. The second kappa shape index (κ2) is 4.80. The van der Waals surface area contributed by atoms with E-state index in [0.717, 1.165) is 11.5 Å². The molecule has 1 aliphatic rings. The smallest absolute Gasteiger partial charge is 0.231 e. The van der Waals surface area contributed by atoms with E-state index in [1.807, 2.05) is 42.5 Å². The fourth-order valence-corrected chi connectivity index (χ4v) is 3.39. The number of rotatable bonds is 3. The fraction of sp³-hybridized carbons (Fsp3) is 0.263. The van der Waals surface area contributed by atoms with Crippen molar-refractivity contribution in [1.82, 2.24) is 10.1 Å². The summed E-state index contributed by atoms with van der Waals surface area (Å²) in [5.74, 6) is 2.10. The van der Waals surface area contributed by atoms with Crippen LogP contribution in [0.15, 0.2) is 59.1 Å². The van der Waals surface area contributed by atoms with Crippen LogP contribution in [0.2, 0.25) is 0 Å². The average molecular weight is 289 g/mol. The third-order valence-corrected chi connectivity index (χ3v) is 4.67. The van der Waals surface area contributed by atoms with E-state index in [2.05, 4.69) is 42.2 Å². The lowest BCUT2D eigenvalue weighted by Crippen LogP contribution is -1.90. The second-order valence-electron chi connectivity index (χ2n) is 6.43. The largest absolute Gasteiger partial charge is 0.339 e. The molecule has 1 heterocycles. The third-order valence-electron chi connectivity index (χ3n) is 4.67. The summed E-state index contributed by atoms with van der Waals surface area (Å²) >= 11 is 0. The van der Waals surface area contributed by atoms with Gasteiger partial charge in [0, 0.05) is 11.5 Å². The minimum absolute atomic E-state index is 0.141. The van der Waals surface area contributed by atoms with E-state index in [1.165, 1.54) is 5.56 Å². The highest BCUT2D eigenvalue weighted by molar-refractivity contribution is 5.54. The molecule has 0 bridgehead atoms. The zero-order chi connectivity index (χ0) is 15.2. The lowest BCUT2D eigenvalue weighted by molar-refractivity contribution is 0.368. The lowest BCUT2D eigenvalue weighted by Gasteiger charge is -2.01. The molecule has 0 saturated heterocycles. The molecular formula is C19H17N2O. The van der Waals surface area contributed by atoms with Crippen molar-refractivity contribution in [2.45, 2.75) is 25.7 Å². The summed E-state index contributed by atoms with van der Waals surface area (Å²) in [7, 11) is 0.